The van der Waals surface area contributed by atoms with Crippen molar-refractivity contribution in [2.75, 3.05) is 13.1 Å². The Labute approximate surface area is 99.2 Å². The maximum Gasteiger partial charge on any atom is 0.253 e. The number of hydrogen-bond acceptors (Lipinski definition) is 2. The quantitative estimate of drug-likeness (QED) is 0.734. The number of hydrogen-bond donors (Lipinski definition) is 0. The Morgan fingerprint density at radius 3 is 3.00 bits per heavy atom. The van der Waals surface area contributed by atoms with Gasteiger partial charge in [0.15, 0.2) is 0 Å². The number of amides is 1. The Kier molecular flexibility index (Phi) is 3.52. The van der Waals surface area contributed by atoms with Crippen molar-refractivity contribution in [3.8, 4) is 0 Å². The molecule has 1 fully saturated rings. The summed E-state index contributed by atoms with van der Waals surface area (Å²) in [7, 11) is 0. The van der Waals surface area contributed by atoms with E-state index in [2.05, 4.69) is 0 Å². The zero-order valence-corrected chi connectivity index (χ0v) is 9.43. The lowest BCUT2D eigenvalue weighted by Gasteiger charge is -2.30. The molecule has 1 unspecified atom stereocenters. The van der Waals surface area contributed by atoms with E-state index in [0.29, 0.717) is 18.7 Å². The van der Waals surface area contributed by atoms with Crippen LogP contribution in [0.5, 0.6) is 0 Å². The zero-order valence-electron chi connectivity index (χ0n) is 9.43. The molecule has 0 radical (unpaired) electrons. The third kappa shape index (κ3) is 2.70. The Bertz CT molecular complexity index is 433. The monoisotopic (exact) mass is 235 g/mol. The fourth-order valence-corrected chi connectivity index (χ4v) is 2.11. The van der Waals surface area contributed by atoms with Crippen molar-refractivity contribution in [2.24, 2.45) is 5.92 Å². The predicted octanol–water partition coefficient (Wildman–Crippen LogP) is 1.88. The van der Waals surface area contributed by atoms with Crippen LogP contribution in [0.25, 0.3) is 0 Å². The molecule has 1 saturated heterocycles. The highest BCUT2D eigenvalue weighted by Crippen LogP contribution is 2.17. The van der Waals surface area contributed by atoms with Crippen molar-refractivity contribution >= 4 is 12.2 Å². The SMILES string of the molecule is O=CC1CCCN(C(=O)c2cccc(F)c2)C1. The number of aldehydes is 1. The van der Waals surface area contributed by atoms with E-state index >= 15 is 0 Å². The number of carbonyl (C=O) groups is 2. The summed E-state index contributed by atoms with van der Waals surface area (Å²) in [6, 6.07) is 5.65. The van der Waals surface area contributed by atoms with Crippen LogP contribution in [0.3, 0.4) is 0 Å². The van der Waals surface area contributed by atoms with Crippen LogP contribution in [0.2, 0.25) is 0 Å². The van der Waals surface area contributed by atoms with E-state index in [-0.39, 0.29) is 11.8 Å². The Balaban J connectivity index is 2.11. The van der Waals surface area contributed by atoms with Gasteiger partial charge in [-0.25, -0.2) is 4.39 Å². The van der Waals surface area contributed by atoms with E-state index in [1.165, 1.54) is 18.2 Å². The molecule has 1 atom stereocenters. The highest BCUT2D eigenvalue weighted by molar-refractivity contribution is 5.94. The maximum absolute atomic E-state index is 13.0. The van der Waals surface area contributed by atoms with Gasteiger partial charge in [-0.15, -0.1) is 0 Å². The molecule has 0 aliphatic carbocycles. The van der Waals surface area contributed by atoms with Crippen LogP contribution >= 0.6 is 0 Å². The molecule has 1 aliphatic rings. The van der Waals surface area contributed by atoms with E-state index in [0.717, 1.165) is 19.1 Å². The molecule has 0 aromatic heterocycles. The summed E-state index contributed by atoms with van der Waals surface area (Å²) in [4.78, 5) is 24.4. The third-order valence-electron chi connectivity index (χ3n) is 3.01. The third-order valence-corrected chi connectivity index (χ3v) is 3.01. The number of carbonyl (C=O) groups excluding carboxylic acids is 2. The minimum Gasteiger partial charge on any atom is -0.338 e. The van der Waals surface area contributed by atoms with Crippen molar-refractivity contribution in [1.29, 1.82) is 0 Å². The molecule has 90 valence electrons. The standard InChI is InChI=1S/C13H14FNO2/c14-12-5-1-4-11(7-12)13(17)15-6-2-3-10(8-15)9-16/h1,4-5,7,9-10H,2-3,6,8H2. The fourth-order valence-electron chi connectivity index (χ4n) is 2.11. The topological polar surface area (TPSA) is 37.4 Å². The average Bonchev–Trinajstić information content (AvgIpc) is 2.38. The lowest BCUT2D eigenvalue weighted by Crippen LogP contribution is -2.40. The first-order chi connectivity index (χ1) is 8.20. The second kappa shape index (κ2) is 5.08. The van der Waals surface area contributed by atoms with Crippen LogP contribution in [-0.4, -0.2) is 30.2 Å². The van der Waals surface area contributed by atoms with Gasteiger partial charge in [0.05, 0.1) is 0 Å². The van der Waals surface area contributed by atoms with Crippen LogP contribution in [0.4, 0.5) is 4.39 Å². The molecule has 0 N–H and O–H groups in total. The van der Waals surface area contributed by atoms with Gasteiger partial charge in [0.2, 0.25) is 0 Å². The fraction of sp³-hybridized carbons (Fsp3) is 0.385. The van der Waals surface area contributed by atoms with Gasteiger partial charge in [0.1, 0.15) is 12.1 Å². The van der Waals surface area contributed by atoms with Gasteiger partial charge in [-0.1, -0.05) is 6.07 Å². The second-order valence-corrected chi connectivity index (χ2v) is 4.30. The summed E-state index contributed by atoms with van der Waals surface area (Å²) in [5.74, 6) is -0.697. The molecule has 3 nitrogen and oxygen atoms in total. The van der Waals surface area contributed by atoms with Gasteiger partial charge in [0, 0.05) is 24.6 Å². The summed E-state index contributed by atoms with van der Waals surface area (Å²) >= 11 is 0. The first-order valence-electron chi connectivity index (χ1n) is 5.71. The minimum atomic E-state index is -0.417. The van der Waals surface area contributed by atoms with E-state index in [1.807, 2.05) is 0 Å². The number of rotatable bonds is 2. The molecular formula is C13H14FNO2. The van der Waals surface area contributed by atoms with E-state index in [9.17, 15) is 14.0 Å². The van der Waals surface area contributed by atoms with Crippen molar-refractivity contribution in [3.05, 3.63) is 35.6 Å². The predicted molar refractivity (Wildman–Crippen MR) is 61.1 cm³/mol. The number of likely N-dealkylation sites (tertiary alicyclic amines) is 1. The smallest absolute Gasteiger partial charge is 0.253 e. The van der Waals surface area contributed by atoms with E-state index in [4.69, 9.17) is 0 Å². The average molecular weight is 235 g/mol. The highest BCUT2D eigenvalue weighted by atomic mass is 19.1. The molecule has 0 bridgehead atoms. The Morgan fingerprint density at radius 1 is 1.47 bits per heavy atom. The zero-order chi connectivity index (χ0) is 12.3. The van der Waals surface area contributed by atoms with Gasteiger partial charge >= 0.3 is 0 Å². The molecule has 17 heavy (non-hydrogen) atoms. The van der Waals surface area contributed by atoms with Gasteiger partial charge in [-0.05, 0) is 31.0 Å². The van der Waals surface area contributed by atoms with Crippen LogP contribution in [0.15, 0.2) is 24.3 Å². The Hall–Kier alpha value is -1.71. The van der Waals surface area contributed by atoms with E-state index < -0.39 is 5.82 Å². The van der Waals surface area contributed by atoms with Gasteiger partial charge in [0.25, 0.3) is 5.91 Å². The molecule has 1 amide bonds. The molecule has 2 rings (SSSR count). The van der Waals surface area contributed by atoms with Gasteiger partial charge in [-0.3, -0.25) is 4.79 Å². The van der Waals surface area contributed by atoms with Crippen LogP contribution < -0.4 is 0 Å². The Morgan fingerprint density at radius 2 is 2.29 bits per heavy atom. The molecule has 0 saturated carbocycles. The summed E-state index contributed by atoms with van der Waals surface area (Å²) in [5, 5.41) is 0. The summed E-state index contributed by atoms with van der Waals surface area (Å²) in [6.07, 6.45) is 2.55. The molecule has 4 heteroatoms. The second-order valence-electron chi connectivity index (χ2n) is 4.30. The number of nitrogens with zero attached hydrogens (tertiary/aromatic N) is 1. The molecule has 1 aromatic carbocycles. The molecular weight excluding hydrogens is 221 g/mol. The summed E-state index contributed by atoms with van der Waals surface area (Å²) in [5.41, 5.74) is 0.344. The van der Waals surface area contributed by atoms with Crippen molar-refractivity contribution in [1.82, 2.24) is 4.90 Å². The highest BCUT2D eigenvalue weighted by Gasteiger charge is 2.24. The van der Waals surface area contributed by atoms with Crippen LogP contribution in [0.1, 0.15) is 23.2 Å². The maximum atomic E-state index is 13.0. The molecule has 1 aliphatic heterocycles. The molecule has 0 spiro atoms. The molecule has 1 aromatic rings. The minimum absolute atomic E-state index is 0.0822. The van der Waals surface area contributed by atoms with Crippen molar-refractivity contribution in [2.45, 2.75) is 12.8 Å². The van der Waals surface area contributed by atoms with Crippen LogP contribution in [0, 0.1) is 11.7 Å². The van der Waals surface area contributed by atoms with Crippen LogP contribution in [-0.2, 0) is 4.79 Å². The van der Waals surface area contributed by atoms with E-state index in [1.54, 1.807) is 11.0 Å². The largest absolute Gasteiger partial charge is 0.338 e. The lowest BCUT2D eigenvalue weighted by atomic mass is 9.99. The summed E-state index contributed by atoms with van der Waals surface area (Å²) < 4.78 is 13.0. The number of benzene rings is 1. The van der Waals surface area contributed by atoms with Gasteiger partial charge < -0.3 is 9.69 Å². The van der Waals surface area contributed by atoms with Crippen molar-refractivity contribution in [3.63, 3.8) is 0 Å². The normalized spacial score (nSPS) is 20.1. The number of piperidine rings is 1. The molecule has 1 heterocycles. The lowest BCUT2D eigenvalue weighted by molar-refractivity contribution is -0.112. The van der Waals surface area contributed by atoms with Gasteiger partial charge in [-0.2, -0.15) is 0 Å². The first kappa shape index (κ1) is 11.8. The first-order valence-corrected chi connectivity index (χ1v) is 5.71. The number of halogens is 1. The van der Waals surface area contributed by atoms with Crippen molar-refractivity contribution < 1.29 is 14.0 Å². The summed E-state index contributed by atoms with van der Waals surface area (Å²) in [6.45, 7) is 1.08.